The molecule has 0 bridgehead atoms. The Labute approximate surface area is 90.3 Å². The van der Waals surface area contributed by atoms with Crippen molar-refractivity contribution in [2.45, 2.75) is 6.61 Å². The average molecular weight is 195 g/mol. The zero-order valence-corrected chi connectivity index (χ0v) is 8.26. The summed E-state index contributed by atoms with van der Waals surface area (Å²) in [5.41, 5.74) is 1.63. The summed E-state index contributed by atoms with van der Waals surface area (Å²) in [6.45, 7) is 0.488. The van der Waals surface area contributed by atoms with Crippen LogP contribution in [0.2, 0.25) is 0 Å². The van der Waals surface area contributed by atoms with Crippen LogP contribution in [0, 0.1) is 0 Å². The van der Waals surface area contributed by atoms with Crippen molar-refractivity contribution in [2.75, 3.05) is 0 Å². The monoisotopic (exact) mass is 195 g/mol. The molecule has 72 valence electrons. The smallest absolute Gasteiger partial charge is 0.119 e. The number of hydrogen-bond acceptors (Lipinski definition) is 2. The highest BCUT2D eigenvalue weighted by Gasteiger charge is 1.95. The number of para-hydroxylation sites is 1. The Balaban J connectivity index is 1.99. The van der Waals surface area contributed by atoms with Crippen LogP contribution < -0.4 is 10.2 Å². The van der Waals surface area contributed by atoms with E-state index in [1.807, 2.05) is 36.4 Å². The Bertz CT molecular complexity index is 431. The maximum atomic E-state index is 5.61. The minimum Gasteiger partial charge on any atom is -0.489 e. The van der Waals surface area contributed by atoms with Crippen molar-refractivity contribution in [3.05, 3.63) is 54.4 Å². The number of ether oxygens (including phenoxy) is 1. The van der Waals surface area contributed by atoms with Crippen LogP contribution in [0.5, 0.6) is 5.75 Å². The van der Waals surface area contributed by atoms with Gasteiger partial charge in [0.2, 0.25) is 0 Å². The highest BCUT2D eigenvalue weighted by atomic mass is 16.5. The maximum Gasteiger partial charge on any atom is 0.119 e. The molecule has 15 heavy (non-hydrogen) atoms. The number of nitrogens with zero attached hydrogens (tertiary/aromatic N) is 1. The third kappa shape index (κ3) is 2.84. The van der Waals surface area contributed by atoms with Gasteiger partial charge in [-0.1, -0.05) is 29.7 Å². The average Bonchev–Trinajstić information content (AvgIpc) is 2.28. The lowest BCUT2D eigenvalue weighted by Gasteiger charge is -2.05. The van der Waals surface area contributed by atoms with Crippen molar-refractivity contribution < 1.29 is 4.74 Å². The summed E-state index contributed by atoms with van der Waals surface area (Å²) in [5.74, 6) is 0.847. The van der Waals surface area contributed by atoms with Crippen molar-refractivity contribution in [2.24, 2.45) is 0 Å². The molecule has 2 nitrogen and oxygen atoms in total. The molecule has 3 heteroatoms. The molecule has 0 aliphatic heterocycles. The van der Waals surface area contributed by atoms with E-state index >= 15 is 0 Å². The third-order valence-electron chi connectivity index (χ3n) is 1.96. The summed E-state index contributed by atoms with van der Waals surface area (Å²) < 4.78 is 5.55. The number of benzene rings is 1. The van der Waals surface area contributed by atoms with Crippen molar-refractivity contribution in [3.8, 4) is 5.75 Å². The number of hydrogen-bond donors (Lipinski definition) is 0. The first kappa shape index (κ1) is 9.78. The molecule has 1 heterocycles. The van der Waals surface area contributed by atoms with Crippen molar-refractivity contribution in [1.82, 2.24) is 4.98 Å². The second kappa shape index (κ2) is 4.64. The summed E-state index contributed by atoms with van der Waals surface area (Å²) in [6, 6.07) is 11.5. The molecular formula is C12H10BNO. The first-order valence-electron chi connectivity index (χ1n) is 4.72. The summed E-state index contributed by atoms with van der Waals surface area (Å²) in [5, 5.41) is 0. The van der Waals surface area contributed by atoms with Crippen LogP contribution in [0.3, 0.4) is 0 Å². The molecule has 1 aromatic heterocycles. The predicted octanol–water partition coefficient (Wildman–Crippen LogP) is 1.45. The van der Waals surface area contributed by atoms with Gasteiger partial charge in [-0.25, -0.2) is 0 Å². The van der Waals surface area contributed by atoms with Gasteiger partial charge in [-0.2, -0.15) is 0 Å². The summed E-state index contributed by atoms with van der Waals surface area (Å²) in [7, 11) is 5.61. The van der Waals surface area contributed by atoms with Gasteiger partial charge >= 0.3 is 0 Å². The first-order valence-corrected chi connectivity index (χ1v) is 4.72. The fraction of sp³-hybridized carbons (Fsp3) is 0.0833. The minimum absolute atomic E-state index is 0.488. The largest absolute Gasteiger partial charge is 0.489 e. The molecule has 0 aliphatic carbocycles. The zero-order valence-electron chi connectivity index (χ0n) is 8.26. The molecule has 2 radical (unpaired) electrons. The molecule has 0 fully saturated rings. The van der Waals surface area contributed by atoms with Gasteiger partial charge in [0.05, 0.1) is 0 Å². The van der Waals surface area contributed by atoms with Crippen molar-refractivity contribution in [1.29, 1.82) is 0 Å². The Morgan fingerprint density at radius 2 is 1.93 bits per heavy atom. The van der Waals surface area contributed by atoms with E-state index in [1.165, 1.54) is 0 Å². The van der Waals surface area contributed by atoms with Gasteiger partial charge in [0.1, 0.15) is 20.2 Å². The van der Waals surface area contributed by atoms with Gasteiger partial charge in [0.15, 0.2) is 0 Å². The Kier molecular flexibility index (Phi) is 3.03. The van der Waals surface area contributed by atoms with Gasteiger partial charge in [-0.15, -0.1) is 0 Å². The summed E-state index contributed by atoms with van der Waals surface area (Å²) >= 11 is 0. The Morgan fingerprint density at radius 3 is 2.67 bits per heavy atom. The number of rotatable bonds is 3. The molecule has 1 aromatic carbocycles. The second-order valence-electron chi connectivity index (χ2n) is 3.23. The fourth-order valence-corrected chi connectivity index (χ4v) is 1.27. The number of aromatic nitrogens is 1. The van der Waals surface area contributed by atoms with Crippen LogP contribution in [-0.4, -0.2) is 12.8 Å². The van der Waals surface area contributed by atoms with Crippen LogP contribution in [0.4, 0.5) is 0 Å². The highest BCUT2D eigenvalue weighted by molar-refractivity contribution is 6.32. The SMILES string of the molecule is [B]c1cncc(COc2ccccc2)c1. The molecule has 0 atom stereocenters. The standard InChI is InChI=1S/C12H10BNO/c13-11-6-10(7-14-8-11)9-15-12-4-2-1-3-5-12/h1-8H,9H2. The Morgan fingerprint density at radius 1 is 1.13 bits per heavy atom. The van der Waals surface area contributed by atoms with Crippen LogP contribution >= 0.6 is 0 Å². The molecular weight excluding hydrogens is 185 g/mol. The van der Waals surface area contributed by atoms with E-state index in [1.54, 1.807) is 12.4 Å². The Hall–Kier alpha value is -1.77. The fourth-order valence-electron chi connectivity index (χ4n) is 1.27. The molecule has 0 aliphatic rings. The normalized spacial score (nSPS) is 9.87. The molecule has 0 saturated carbocycles. The molecule has 2 aromatic rings. The molecule has 0 N–H and O–H groups in total. The van der Waals surface area contributed by atoms with E-state index in [9.17, 15) is 0 Å². The number of pyridine rings is 1. The van der Waals surface area contributed by atoms with E-state index in [-0.39, 0.29) is 0 Å². The van der Waals surface area contributed by atoms with Crippen LogP contribution in [0.1, 0.15) is 5.56 Å². The summed E-state index contributed by atoms with van der Waals surface area (Å²) in [6.07, 6.45) is 3.37. The molecule has 0 saturated heterocycles. The summed E-state index contributed by atoms with van der Waals surface area (Å²) in [4.78, 5) is 3.99. The maximum absolute atomic E-state index is 5.61. The van der Waals surface area contributed by atoms with Gasteiger partial charge in [0.25, 0.3) is 0 Å². The topological polar surface area (TPSA) is 22.1 Å². The van der Waals surface area contributed by atoms with E-state index in [4.69, 9.17) is 12.6 Å². The van der Waals surface area contributed by atoms with Crippen LogP contribution in [0.25, 0.3) is 0 Å². The first-order chi connectivity index (χ1) is 7.34. The van der Waals surface area contributed by atoms with E-state index in [0.29, 0.717) is 12.1 Å². The van der Waals surface area contributed by atoms with E-state index in [0.717, 1.165) is 11.3 Å². The zero-order chi connectivity index (χ0) is 10.5. The molecule has 0 unspecified atom stereocenters. The van der Waals surface area contributed by atoms with Crippen molar-refractivity contribution >= 4 is 13.3 Å². The van der Waals surface area contributed by atoms with Gasteiger partial charge in [-0.05, 0) is 12.1 Å². The third-order valence-corrected chi connectivity index (χ3v) is 1.96. The predicted molar refractivity (Wildman–Crippen MR) is 60.4 cm³/mol. The molecule has 2 rings (SSSR count). The quantitative estimate of drug-likeness (QED) is 0.691. The lowest BCUT2D eigenvalue weighted by molar-refractivity contribution is 0.306. The van der Waals surface area contributed by atoms with Gasteiger partial charge < -0.3 is 4.74 Å². The minimum atomic E-state index is 0.488. The van der Waals surface area contributed by atoms with Gasteiger partial charge in [-0.3, -0.25) is 4.98 Å². The van der Waals surface area contributed by atoms with Crippen LogP contribution in [-0.2, 0) is 6.61 Å². The van der Waals surface area contributed by atoms with Crippen LogP contribution in [0.15, 0.2) is 48.8 Å². The second-order valence-corrected chi connectivity index (χ2v) is 3.23. The molecule has 0 amide bonds. The van der Waals surface area contributed by atoms with Gasteiger partial charge in [0, 0.05) is 18.0 Å². The molecule has 0 spiro atoms. The highest BCUT2D eigenvalue weighted by Crippen LogP contribution is 2.10. The van der Waals surface area contributed by atoms with E-state index in [2.05, 4.69) is 4.98 Å². The lowest BCUT2D eigenvalue weighted by Crippen LogP contribution is -2.06. The van der Waals surface area contributed by atoms with E-state index < -0.39 is 0 Å². The van der Waals surface area contributed by atoms with Crippen molar-refractivity contribution in [3.63, 3.8) is 0 Å². The lowest BCUT2D eigenvalue weighted by atomic mass is 9.97.